The molecule has 1 aliphatic rings. The van der Waals surface area contributed by atoms with E-state index in [9.17, 15) is 8.42 Å². The zero-order valence-electron chi connectivity index (χ0n) is 17.0. The topological polar surface area (TPSA) is 129 Å². The van der Waals surface area contributed by atoms with Crippen molar-refractivity contribution in [2.75, 3.05) is 48.2 Å². The van der Waals surface area contributed by atoms with Crippen molar-refractivity contribution in [3.63, 3.8) is 0 Å². The van der Waals surface area contributed by atoms with Gasteiger partial charge in [0.1, 0.15) is 16.3 Å². The summed E-state index contributed by atoms with van der Waals surface area (Å²) in [6.07, 6.45) is 4.47. The second kappa shape index (κ2) is 8.73. The zero-order chi connectivity index (χ0) is 22.0. The molecule has 1 unspecified atom stereocenters. The molecule has 4 heterocycles. The highest BCUT2D eigenvalue weighted by Crippen LogP contribution is 2.27. The van der Waals surface area contributed by atoms with Crippen molar-refractivity contribution in [1.82, 2.24) is 29.8 Å². The highest BCUT2D eigenvalue weighted by atomic mass is 35.5. The van der Waals surface area contributed by atoms with Gasteiger partial charge in [0.15, 0.2) is 0 Å². The van der Waals surface area contributed by atoms with Crippen LogP contribution in [-0.2, 0) is 10.0 Å². The Labute approximate surface area is 185 Å². The van der Waals surface area contributed by atoms with Crippen LogP contribution in [0.1, 0.15) is 6.92 Å². The van der Waals surface area contributed by atoms with Crippen LogP contribution in [0.4, 0.5) is 17.7 Å². The summed E-state index contributed by atoms with van der Waals surface area (Å²) in [5.41, 5.74) is 0.569. The summed E-state index contributed by atoms with van der Waals surface area (Å²) in [6, 6.07) is 3.21. The van der Waals surface area contributed by atoms with Crippen LogP contribution in [0, 0.1) is 0 Å². The van der Waals surface area contributed by atoms with Crippen LogP contribution in [0.3, 0.4) is 0 Å². The minimum absolute atomic E-state index is 0.00549. The summed E-state index contributed by atoms with van der Waals surface area (Å²) >= 11 is 6.07. The van der Waals surface area contributed by atoms with Crippen molar-refractivity contribution < 1.29 is 8.42 Å². The van der Waals surface area contributed by atoms with Gasteiger partial charge in [0.05, 0.1) is 11.7 Å². The number of sulfonamides is 1. The zero-order valence-corrected chi connectivity index (χ0v) is 18.6. The Bertz CT molecular complexity index is 1170. The van der Waals surface area contributed by atoms with E-state index in [1.807, 2.05) is 0 Å². The predicted molar refractivity (Wildman–Crippen MR) is 120 cm³/mol. The number of nitrogens with zero attached hydrogens (tertiary/aromatic N) is 7. The van der Waals surface area contributed by atoms with Gasteiger partial charge in [0.2, 0.25) is 11.9 Å². The Hall–Kier alpha value is -2.83. The average Bonchev–Trinajstić information content (AvgIpc) is 2.75. The molecule has 1 atom stereocenters. The minimum atomic E-state index is -3.85. The third-order valence-electron chi connectivity index (χ3n) is 4.93. The molecular weight excluding hydrogens is 442 g/mol. The molecule has 0 bridgehead atoms. The molecule has 1 saturated heterocycles. The lowest BCUT2D eigenvalue weighted by Gasteiger charge is -2.32. The molecule has 0 saturated carbocycles. The normalized spacial score (nSPS) is 16.3. The van der Waals surface area contributed by atoms with E-state index in [1.165, 1.54) is 19.3 Å². The Morgan fingerprint density at radius 1 is 1.10 bits per heavy atom. The number of fused-ring (bicyclic) bond motifs is 1. The quantitative estimate of drug-likeness (QED) is 0.517. The molecular formula is C18H22ClN9O2S. The maximum Gasteiger partial charge on any atom is 0.255 e. The number of rotatable bonds is 6. The molecule has 3 aromatic rings. The minimum Gasteiger partial charge on any atom is -0.352 e. The summed E-state index contributed by atoms with van der Waals surface area (Å²) in [5, 5.41) is 2.78. The number of hydrogen-bond donors (Lipinski definition) is 2. The van der Waals surface area contributed by atoms with E-state index < -0.39 is 15.4 Å². The molecule has 0 amide bonds. The van der Waals surface area contributed by atoms with Gasteiger partial charge in [-0.1, -0.05) is 11.6 Å². The van der Waals surface area contributed by atoms with Gasteiger partial charge in [-0.3, -0.25) is 0 Å². The van der Waals surface area contributed by atoms with Crippen molar-refractivity contribution in [3.05, 3.63) is 35.9 Å². The SMILES string of the molecule is CC(Nc1nc(N2CCN(C)CC2)nc2cnc(Cl)cc12)S(=O)(=O)Nc1ncccn1. The van der Waals surface area contributed by atoms with E-state index in [4.69, 9.17) is 11.6 Å². The Kier molecular flexibility index (Phi) is 6.03. The second-order valence-electron chi connectivity index (χ2n) is 7.19. The van der Waals surface area contributed by atoms with Gasteiger partial charge < -0.3 is 15.1 Å². The van der Waals surface area contributed by atoms with E-state index in [2.05, 4.69) is 51.8 Å². The number of halogens is 1. The molecule has 164 valence electrons. The Balaban J connectivity index is 1.65. The van der Waals surface area contributed by atoms with Crippen LogP contribution in [0.15, 0.2) is 30.7 Å². The Morgan fingerprint density at radius 3 is 2.52 bits per heavy atom. The fraction of sp³-hybridized carbons (Fsp3) is 0.389. The first-order valence-electron chi connectivity index (χ1n) is 9.64. The van der Waals surface area contributed by atoms with E-state index in [0.29, 0.717) is 22.7 Å². The summed E-state index contributed by atoms with van der Waals surface area (Å²) < 4.78 is 27.9. The molecule has 0 spiro atoms. The first kappa shape index (κ1) is 21.4. The maximum atomic E-state index is 12.8. The summed E-state index contributed by atoms with van der Waals surface area (Å²) in [6.45, 7) is 4.81. The molecule has 11 nitrogen and oxygen atoms in total. The van der Waals surface area contributed by atoms with Crippen molar-refractivity contribution in [1.29, 1.82) is 0 Å². The third-order valence-corrected chi connectivity index (χ3v) is 6.65. The molecule has 1 aliphatic heterocycles. The van der Waals surface area contributed by atoms with Crippen LogP contribution < -0.4 is 14.9 Å². The number of nitrogens with one attached hydrogen (secondary N) is 2. The summed E-state index contributed by atoms with van der Waals surface area (Å²) in [4.78, 5) is 25.4. The molecule has 1 fully saturated rings. The van der Waals surface area contributed by atoms with Crippen LogP contribution in [-0.4, -0.2) is 76.8 Å². The lowest BCUT2D eigenvalue weighted by Crippen LogP contribution is -2.45. The first-order valence-corrected chi connectivity index (χ1v) is 11.6. The number of likely N-dealkylation sites (N-methyl/N-ethyl adjacent to an activating group) is 1. The predicted octanol–water partition coefficient (Wildman–Crippen LogP) is 1.42. The highest BCUT2D eigenvalue weighted by molar-refractivity contribution is 7.93. The van der Waals surface area contributed by atoms with E-state index in [1.54, 1.807) is 18.3 Å². The number of pyridine rings is 1. The van der Waals surface area contributed by atoms with Crippen LogP contribution in [0.2, 0.25) is 5.15 Å². The van der Waals surface area contributed by atoms with Crippen LogP contribution in [0.25, 0.3) is 10.9 Å². The number of piperazine rings is 1. The van der Waals surface area contributed by atoms with Gasteiger partial charge in [0, 0.05) is 44.0 Å². The van der Waals surface area contributed by atoms with Crippen molar-refractivity contribution in [2.24, 2.45) is 0 Å². The van der Waals surface area contributed by atoms with Gasteiger partial charge in [-0.15, -0.1) is 0 Å². The molecule has 3 aromatic heterocycles. The van der Waals surface area contributed by atoms with Gasteiger partial charge in [-0.05, 0) is 26.1 Å². The van der Waals surface area contributed by atoms with Gasteiger partial charge in [-0.25, -0.2) is 33.1 Å². The van der Waals surface area contributed by atoms with Crippen LogP contribution >= 0.6 is 11.6 Å². The van der Waals surface area contributed by atoms with Crippen molar-refractivity contribution >= 4 is 50.2 Å². The molecule has 0 radical (unpaired) electrons. The summed E-state index contributed by atoms with van der Waals surface area (Å²) in [5.74, 6) is 0.861. The first-order chi connectivity index (χ1) is 14.8. The van der Waals surface area contributed by atoms with Gasteiger partial charge >= 0.3 is 0 Å². The number of hydrogen-bond acceptors (Lipinski definition) is 10. The standard InChI is InChI=1S/C18H22ClN9O2S/c1-12(31(29,30)26-17-20-4-3-5-21-17)23-16-13-10-15(19)22-11-14(13)24-18(25-16)28-8-6-27(2)7-9-28/h3-5,10-12H,6-9H2,1-2H3,(H,20,21,26)(H,23,24,25). The molecule has 2 N–H and O–H groups in total. The lowest BCUT2D eigenvalue weighted by atomic mass is 10.3. The smallest absolute Gasteiger partial charge is 0.255 e. The molecule has 13 heteroatoms. The third kappa shape index (κ3) is 4.92. The largest absolute Gasteiger partial charge is 0.352 e. The van der Waals surface area contributed by atoms with E-state index in [0.717, 1.165) is 26.2 Å². The van der Waals surface area contributed by atoms with Crippen LogP contribution in [0.5, 0.6) is 0 Å². The molecule has 0 aliphatic carbocycles. The van der Waals surface area contributed by atoms with Gasteiger partial charge in [-0.2, -0.15) is 4.98 Å². The van der Waals surface area contributed by atoms with Crippen molar-refractivity contribution in [3.8, 4) is 0 Å². The average molecular weight is 464 g/mol. The molecule has 0 aromatic carbocycles. The number of aromatic nitrogens is 5. The molecule has 4 rings (SSSR count). The fourth-order valence-corrected chi connectivity index (χ4v) is 4.05. The van der Waals surface area contributed by atoms with E-state index >= 15 is 0 Å². The van der Waals surface area contributed by atoms with Gasteiger partial charge in [0.25, 0.3) is 10.0 Å². The fourth-order valence-electron chi connectivity index (χ4n) is 3.09. The Morgan fingerprint density at radius 2 is 1.81 bits per heavy atom. The number of anilines is 3. The lowest BCUT2D eigenvalue weighted by molar-refractivity contribution is 0.311. The highest BCUT2D eigenvalue weighted by Gasteiger charge is 2.25. The van der Waals surface area contributed by atoms with E-state index in [-0.39, 0.29) is 11.1 Å². The monoisotopic (exact) mass is 463 g/mol. The summed E-state index contributed by atoms with van der Waals surface area (Å²) in [7, 11) is -1.79. The second-order valence-corrected chi connectivity index (χ2v) is 9.58. The molecule has 31 heavy (non-hydrogen) atoms. The maximum absolute atomic E-state index is 12.8. The van der Waals surface area contributed by atoms with Crippen molar-refractivity contribution in [2.45, 2.75) is 12.3 Å².